The Morgan fingerprint density at radius 2 is 1.94 bits per heavy atom. The Morgan fingerprint density at radius 1 is 1.31 bits per heavy atom. The zero-order valence-electron chi connectivity index (χ0n) is 9.09. The van der Waals surface area contributed by atoms with Crippen molar-refractivity contribution >= 4 is 5.97 Å². The van der Waals surface area contributed by atoms with E-state index in [1.807, 2.05) is 30.3 Å². The minimum Gasteiger partial charge on any atom is -0.468 e. The van der Waals surface area contributed by atoms with Crippen molar-refractivity contribution in [3.05, 3.63) is 35.9 Å². The summed E-state index contributed by atoms with van der Waals surface area (Å²) in [6.45, 7) is 1.04. The normalized spacial score (nSPS) is 18.3. The summed E-state index contributed by atoms with van der Waals surface area (Å²) in [6, 6.07) is 9.38. The summed E-state index contributed by atoms with van der Waals surface area (Å²) >= 11 is 0. The minimum absolute atomic E-state index is 0.335. The molecule has 1 heterocycles. The highest BCUT2D eigenvalue weighted by Gasteiger charge is 2.34. The van der Waals surface area contributed by atoms with Crippen molar-refractivity contribution in [3.63, 3.8) is 0 Å². The van der Waals surface area contributed by atoms with Gasteiger partial charge in [-0.25, -0.2) is 0 Å². The van der Waals surface area contributed by atoms with Gasteiger partial charge in [-0.2, -0.15) is 0 Å². The predicted molar refractivity (Wildman–Crippen MR) is 56.9 cm³/mol. The maximum Gasteiger partial charge on any atom is 0.318 e. The first-order valence-corrected chi connectivity index (χ1v) is 5.19. The van der Waals surface area contributed by atoms with Gasteiger partial charge >= 0.3 is 5.97 Å². The van der Waals surface area contributed by atoms with E-state index in [1.165, 1.54) is 7.11 Å². The van der Waals surface area contributed by atoms with Gasteiger partial charge in [-0.3, -0.25) is 4.79 Å². The van der Waals surface area contributed by atoms with Crippen LogP contribution in [0, 0.1) is 0 Å². The standard InChI is InChI=1S/C12H14O4/c1-14-11(13)10(12-15-7-8-16-12)9-5-3-2-4-6-9/h2-6,10,12H,7-8H2,1H3/t10-/m1/s1. The fourth-order valence-electron chi connectivity index (χ4n) is 1.76. The highest BCUT2D eigenvalue weighted by molar-refractivity contribution is 5.78. The molecule has 4 heteroatoms. The van der Waals surface area contributed by atoms with Gasteiger partial charge in [0.2, 0.25) is 0 Å². The van der Waals surface area contributed by atoms with Crippen LogP contribution in [-0.2, 0) is 19.0 Å². The van der Waals surface area contributed by atoms with Gasteiger partial charge in [0.1, 0.15) is 5.92 Å². The summed E-state index contributed by atoms with van der Waals surface area (Å²) in [5, 5.41) is 0. The number of benzene rings is 1. The summed E-state index contributed by atoms with van der Waals surface area (Å²) in [5.41, 5.74) is 0.848. The summed E-state index contributed by atoms with van der Waals surface area (Å²) in [5.74, 6) is -0.841. The van der Waals surface area contributed by atoms with Gasteiger partial charge in [0.25, 0.3) is 0 Å². The minimum atomic E-state index is -0.533. The average molecular weight is 222 g/mol. The number of esters is 1. The first-order chi connectivity index (χ1) is 7.83. The molecule has 1 aliphatic rings. The Morgan fingerprint density at radius 3 is 2.50 bits per heavy atom. The first-order valence-electron chi connectivity index (χ1n) is 5.19. The lowest BCUT2D eigenvalue weighted by molar-refractivity contribution is -0.153. The van der Waals surface area contributed by atoms with E-state index in [0.29, 0.717) is 13.2 Å². The molecule has 2 rings (SSSR count). The molecule has 0 aliphatic carbocycles. The molecule has 1 aliphatic heterocycles. The molecule has 1 atom stereocenters. The quantitative estimate of drug-likeness (QED) is 0.723. The van der Waals surface area contributed by atoms with Crippen molar-refractivity contribution in [1.29, 1.82) is 0 Å². The van der Waals surface area contributed by atoms with E-state index < -0.39 is 12.2 Å². The van der Waals surface area contributed by atoms with Crippen LogP contribution in [0.4, 0.5) is 0 Å². The highest BCUT2D eigenvalue weighted by Crippen LogP contribution is 2.26. The molecule has 0 radical (unpaired) electrons. The fraction of sp³-hybridized carbons (Fsp3) is 0.417. The van der Waals surface area contributed by atoms with E-state index >= 15 is 0 Å². The molecule has 1 fully saturated rings. The molecule has 16 heavy (non-hydrogen) atoms. The topological polar surface area (TPSA) is 44.8 Å². The van der Waals surface area contributed by atoms with Crippen LogP contribution in [-0.4, -0.2) is 32.6 Å². The van der Waals surface area contributed by atoms with Crippen LogP contribution >= 0.6 is 0 Å². The van der Waals surface area contributed by atoms with Crippen molar-refractivity contribution in [2.75, 3.05) is 20.3 Å². The third-order valence-corrected chi connectivity index (χ3v) is 2.53. The largest absolute Gasteiger partial charge is 0.468 e. The van der Waals surface area contributed by atoms with E-state index in [2.05, 4.69) is 0 Å². The second-order valence-electron chi connectivity index (χ2n) is 3.52. The molecular formula is C12H14O4. The number of rotatable bonds is 3. The molecule has 1 aromatic carbocycles. The van der Waals surface area contributed by atoms with E-state index in [0.717, 1.165) is 5.56 Å². The van der Waals surface area contributed by atoms with Crippen LogP contribution in [0.1, 0.15) is 11.5 Å². The molecule has 4 nitrogen and oxygen atoms in total. The zero-order valence-corrected chi connectivity index (χ0v) is 9.09. The van der Waals surface area contributed by atoms with E-state index in [1.54, 1.807) is 0 Å². The fourth-order valence-corrected chi connectivity index (χ4v) is 1.76. The number of carbonyl (C=O) groups is 1. The van der Waals surface area contributed by atoms with Crippen molar-refractivity contribution in [2.45, 2.75) is 12.2 Å². The molecule has 0 spiro atoms. The van der Waals surface area contributed by atoms with Gasteiger partial charge in [0.05, 0.1) is 20.3 Å². The van der Waals surface area contributed by atoms with Gasteiger partial charge < -0.3 is 14.2 Å². The Bertz CT molecular complexity index is 343. The molecule has 1 aromatic rings. The van der Waals surface area contributed by atoms with Crippen molar-refractivity contribution in [3.8, 4) is 0 Å². The van der Waals surface area contributed by atoms with Gasteiger partial charge in [-0.15, -0.1) is 0 Å². The molecule has 0 aromatic heterocycles. The predicted octanol–water partition coefficient (Wildman–Crippen LogP) is 1.32. The number of hydrogen-bond acceptors (Lipinski definition) is 4. The highest BCUT2D eigenvalue weighted by atomic mass is 16.7. The molecule has 0 N–H and O–H groups in total. The first kappa shape index (κ1) is 11.1. The van der Waals surface area contributed by atoms with Gasteiger partial charge in [-0.1, -0.05) is 30.3 Å². The lowest BCUT2D eigenvalue weighted by atomic mass is 9.99. The van der Waals surface area contributed by atoms with Crippen LogP contribution in [0.2, 0.25) is 0 Å². The average Bonchev–Trinajstić information content (AvgIpc) is 2.84. The van der Waals surface area contributed by atoms with Crippen LogP contribution in [0.5, 0.6) is 0 Å². The SMILES string of the molecule is COC(=O)[C@@H](c1ccccc1)C1OCCO1. The summed E-state index contributed by atoms with van der Waals surface area (Å²) in [7, 11) is 1.37. The lowest BCUT2D eigenvalue weighted by Gasteiger charge is -2.20. The molecule has 0 unspecified atom stereocenters. The Kier molecular flexibility index (Phi) is 3.54. The zero-order chi connectivity index (χ0) is 11.4. The monoisotopic (exact) mass is 222 g/mol. The maximum absolute atomic E-state index is 11.7. The van der Waals surface area contributed by atoms with Crippen LogP contribution in [0.3, 0.4) is 0 Å². The molecule has 1 saturated heterocycles. The van der Waals surface area contributed by atoms with E-state index in [9.17, 15) is 4.79 Å². The molecule has 0 saturated carbocycles. The Labute approximate surface area is 94.1 Å². The second kappa shape index (κ2) is 5.09. The van der Waals surface area contributed by atoms with E-state index in [-0.39, 0.29) is 5.97 Å². The molecular weight excluding hydrogens is 208 g/mol. The summed E-state index contributed by atoms with van der Waals surface area (Å²) in [6.07, 6.45) is -0.533. The molecule has 0 bridgehead atoms. The van der Waals surface area contributed by atoms with Crippen LogP contribution < -0.4 is 0 Å². The maximum atomic E-state index is 11.7. The third-order valence-electron chi connectivity index (χ3n) is 2.53. The number of ether oxygens (including phenoxy) is 3. The van der Waals surface area contributed by atoms with Crippen molar-refractivity contribution < 1.29 is 19.0 Å². The van der Waals surface area contributed by atoms with Gasteiger partial charge in [-0.05, 0) is 5.56 Å². The van der Waals surface area contributed by atoms with Crippen molar-refractivity contribution in [2.24, 2.45) is 0 Å². The summed E-state index contributed by atoms with van der Waals surface area (Å²) < 4.78 is 15.5. The van der Waals surface area contributed by atoms with Gasteiger partial charge in [0, 0.05) is 0 Å². The molecule has 0 amide bonds. The number of carbonyl (C=O) groups excluding carboxylic acids is 1. The van der Waals surface area contributed by atoms with Gasteiger partial charge in [0.15, 0.2) is 6.29 Å². The van der Waals surface area contributed by atoms with Crippen molar-refractivity contribution in [1.82, 2.24) is 0 Å². The molecule has 86 valence electrons. The van der Waals surface area contributed by atoms with Crippen LogP contribution in [0.15, 0.2) is 30.3 Å². The Balaban J connectivity index is 2.24. The number of hydrogen-bond donors (Lipinski definition) is 0. The number of methoxy groups -OCH3 is 1. The second-order valence-corrected chi connectivity index (χ2v) is 3.52. The summed E-state index contributed by atoms with van der Waals surface area (Å²) in [4.78, 5) is 11.7. The lowest BCUT2D eigenvalue weighted by Crippen LogP contribution is -2.28. The Hall–Kier alpha value is -1.39. The van der Waals surface area contributed by atoms with E-state index in [4.69, 9.17) is 14.2 Å². The smallest absolute Gasteiger partial charge is 0.318 e. The van der Waals surface area contributed by atoms with Crippen LogP contribution in [0.25, 0.3) is 0 Å². The third kappa shape index (κ3) is 2.23.